The molecule has 1 N–H and O–H groups in total. The zero-order valence-corrected chi connectivity index (χ0v) is 19.1. The number of thioether (sulfide) groups is 1. The number of nitrogens with one attached hydrogen (secondary N) is 1. The van der Waals surface area contributed by atoms with Crippen molar-refractivity contribution < 1.29 is 14.3 Å². The molecule has 0 saturated heterocycles. The highest BCUT2D eigenvalue weighted by Gasteiger charge is 2.27. The van der Waals surface area contributed by atoms with Gasteiger partial charge in [-0.25, -0.2) is 4.79 Å². The van der Waals surface area contributed by atoms with Gasteiger partial charge in [0.25, 0.3) is 0 Å². The van der Waals surface area contributed by atoms with E-state index in [-0.39, 0.29) is 17.1 Å². The van der Waals surface area contributed by atoms with Crippen LogP contribution in [0.2, 0.25) is 5.02 Å². The van der Waals surface area contributed by atoms with E-state index in [0.717, 1.165) is 36.1 Å². The molecule has 1 aliphatic carbocycles. The molecular weight excluding hydrogens is 426 g/mol. The van der Waals surface area contributed by atoms with Crippen molar-refractivity contribution in [2.75, 3.05) is 11.9 Å². The molecule has 4 nitrogen and oxygen atoms in total. The number of anilines is 1. The summed E-state index contributed by atoms with van der Waals surface area (Å²) < 4.78 is 5.31. The third-order valence-electron chi connectivity index (χ3n) is 4.88. The maximum Gasteiger partial charge on any atom is 0.341 e. The summed E-state index contributed by atoms with van der Waals surface area (Å²) in [4.78, 5) is 27.7. The molecule has 0 bridgehead atoms. The van der Waals surface area contributed by atoms with Gasteiger partial charge in [0.2, 0.25) is 5.91 Å². The van der Waals surface area contributed by atoms with Crippen LogP contribution in [0.15, 0.2) is 29.2 Å². The molecule has 1 heterocycles. The van der Waals surface area contributed by atoms with E-state index in [1.807, 2.05) is 31.2 Å². The first-order chi connectivity index (χ1) is 14.0. The van der Waals surface area contributed by atoms with Gasteiger partial charge in [-0.1, -0.05) is 24.4 Å². The maximum absolute atomic E-state index is 12.9. The summed E-state index contributed by atoms with van der Waals surface area (Å²) in [5.74, 6) is -0.455. The number of aryl methyl sites for hydroxylation is 1. The summed E-state index contributed by atoms with van der Waals surface area (Å²) in [5, 5.41) is 4.00. The van der Waals surface area contributed by atoms with Crippen molar-refractivity contribution in [2.24, 2.45) is 0 Å². The van der Waals surface area contributed by atoms with Gasteiger partial charge in [0.15, 0.2) is 0 Å². The van der Waals surface area contributed by atoms with Crippen molar-refractivity contribution in [3.63, 3.8) is 0 Å². The van der Waals surface area contributed by atoms with E-state index in [9.17, 15) is 9.59 Å². The van der Waals surface area contributed by atoms with E-state index in [1.165, 1.54) is 40.8 Å². The molecule has 7 heteroatoms. The SMILES string of the molecule is CCOC(=O)c1c(NC(=O)C(C)Sc2ccc(Cl)cc2)sc2c1CCCCCC2. The first-order valence-electron chi connectivity index (χ1n) is 10.0. The molecule has 1 aromatic carbocycles. The number of hydrogen-bond donors (Lipinski definition) is 1. The average molecular weight is 452 g/mol. The zero-order valence-electron chi connectivity index (χ0n) is 16.8. The molecule has 1 aliphatic rings. The number of benzene rings is 1. The zero-order chi connectivity index (χ0) is 20.8. The van der Waals surface area contributed by atoms with E-state index < -0.39 is 0 Å². The highest BCUT2D eigenvalue weighted by molar-refractivity contribution is 8.00. The predicted molar refractivity (Wildman–Crippen MR) is 122 cm³/mol. The van der Waals surface area contributed by atoms with Crippen LogP contribution in [0.1, 0.15) is 60.3 Å². The minimum Gasteiger partial charge on any atom is -0.462 e. The Morgan fingerprint density at radius 3 is 2.55 bits per heavy atom. The lowest BCUT2D eigenvalue weighted by molar-refractivity contribution is -0.115. The molecule has 2 aromatic rings. The molecule has 29 heavy (non-hydrogen) atoms. The predicted octanol–water partition coefficient (Wildman–Crippen LogP) is 6.36. The fourth-order valence-electron chi connectivity index (χ4n) is 3.41. The monoisotopic (exact) mass is 451 g/mol. The lowest BCUT2D eigenvalue weighted by Gasteiger charge is -2.13. The molecule has 1 atom stereocenters. The molecule has 0 saturated carbocycles. The van der Waals surface area contributed by atoms with Crippen LogP contribution in [0.3, 0.4) is 0 Å². The van der Waals surface area contributed by atoms with Crippen LogP contribution < -0.4 is 5.32 Å². The Kier molecular flexibility index (Phi) is 8.04. The van der Waals surface area contributed by atoms with Crippen LogP contribution >= 0.6 is 34.7 Å². The molecule has 1 unspecified atom stereocenters. The van der Waals surface area contributed by atoms with Gasteiger partial charge in [-0.2, -0.15) is 0 Å². The fraction of sp³-hybridized carbons (Fsp3) is 0.455. The van der Waals surface area contributed by atoms with E-state index >= 15 is 0 Å². The maximum atomic E-state index is 12.9. The number of esters is 1. The number of carbonyl (C=O) groups is 2. The van der Waals surface area contributed by atoms with E-state index in [0.29, 0.717) is 22.2 Å². The smallest absolute Gasteiger partial charge is 0.341 e. The van der Waals surface area contributed by atoms with E-state index in [2.05, 4.69) is 5.32 Å². The number of carbonyl (C=O) groups excluding carboxylic acids is 2. The molecule has 1 aromatic heterocycles. The normalized spacial score (nSPS) is 15.0. The van der Waals surface area contributed by atoms with Gasteiger partial charge >= 0.3 is 5.97 Å². The van der Waals surface area contributed by atoms with Crippen molar-refractivity contribution in [1.82, 2.24) is 0 Å². The van der Waals surface area contributed by atoms with Gasteiger partial charge in [-0.3, -0.25) is 4.79 Å². The molecular formula is C22H26ClNO3S2. The Morgan fingerprint density at radius 2 is 1.86 bits per heavy atom. The van der Waals surface area contributed by atoms with Crippen molar-refractivity contribution in [1.29, 1.82) is 0 Å². The number of hydrogen-bond acceptors (Lipinski definition) is 5. The molecule has 0 fully saturated rings. The average Bonchev–Trinajstić information content (AvgIpc) is 3.00. The third-order valence-corrected chi connectivity index (χ3v) is 7.45. The van der Waals surface area contributed by atoms with Gasteiger partial charge in [-0.15, -0.1) is 23.1 Å². The summed E-state index contributed by atoms with van der Waals surface area (Å²) in [5.41, 5.74) is 1.63. The first-order valence-corrected chi connectivity index (χ1v) is 12.1. The highest BCUT2D eigenvalue weighted by Crippen LogP contribution is 2.38. The van der Waals surface area contributed by atoms with E-state index in [4.69, 9.17) is 16.3 Å². The number of halogens is 1. The summed E-state index contributed by atoms with van der Waals surface area (Å²) >= 11 is 8.93. The van der Waals surface area contributed by atoms with Crippen LogP contribution in [0.25, 0.3) is 0 Å². The second kappa shape index (κ2) is 10.5. The lowest BCUT2D eigenvalue weighted by Crippen LogP contribution is -2.23. The van der Waals surface area contributed by atoms with Crippen molar-refractivity contribution in [2.45, 2.75) is 62.5 Å². The Bertz CT molecular complexity index is 864. The second-order valence-corrected chi connectivity index (χ2v) is 10.0. The second-order valence-electron chi connectivity index (χ2n) is 7.05. The van der Waals surface area contributed by atoms with E-state index in [1.54, 1.807) is 6.92 Å². The minimum atomic E-state index is -0.334. The minimum absolute atomic E-state index is 0.121. The lowest BCUT2D eigenvalue weighted by atomic mass is 9.96. The number of ether oxygens (including phenoxy) is 1. The van der Waals surface area contributed by atoms with Crippen LogP contribution in [0.5, 0.6) is 0 Å². The number of amides is 1. The molecule has 3 rings (SSSR count). The molecule has 156 valence electrons. The summed E-state index contributed by atoms with van der Waals surface area (Å²) in [6.07, 6.45) is 6.39. The number of thiophene rings is 1. The Labute approximate surface area is 185 Å². The fourth-order valence-corrected chi connectivity index (χ4v) is 5.68. The van der Waals surface area contributed by atoms with Crippen molar-refractivity contribution in [3.05, 3.63) is 45.3 Å². The Morgan fingerprint density at radius 1 is 1.17 bits per heavy atom. The number of rotatable bonds is 6. The summed E-state index contributed by atoms with van der Waals surface area (Å²) in [7, 11) is 0. The van der Waals surface area contributed by atoms with Gasteiger partial charge in [0.1, 0.15) is 5.00 Å². The summed E-state index contributed by atoms with van der Waals surface area (Å²) in [6, 6.07) is 7.43. The topological polar surface area (TPSA) is 55.4 Å². The molecule has 0 radical (unpaired) electrons. The Balaban J connectivity index is 1.80. The first kappa shape index (κ1) is 22.2. The van der Waals surface area contributed by atoms with Gasteiger partial charge < -0.3 is 10.1 Å². The quantitative estimate of drug-likeness (QED) is 0.410. The van der Waals surface area contributed by atoms with Crippen LogP contribution in [-0.4, -0.2) is 23.7 Å². The van der Waals surface area contributed by atoms with Crippen LogP contribution in [0.4, 0.5) is 5.00 Å². The van der Waals surface area contributed by atoms with Crippen LogP contribution in [0, 0.1) is 0 Å². The molecule has 1 amide bonds. The van der Waals surface area contributed by atoms with Crippen LogP contribution in [-0.2, 0) is 22.4 Å². The highest BCUT2D eigenvalue weighted by atomic mass is 35.5. The molecule has 0 aliphatic heterocycles. The largest absolute Gasteiger partial charge is 0.462 e. The summed E-state index contributed by atoms with van der Waals surface area (Å²) in [6.45, 7) is 3.99. The third kappa shape index (κ3) is 5.77. The van der Waals surface area contributed by atoms with Crippen molar-refractivity contribution in [3.8, 4) is 0 Å². The van der Waals surface area contributed by atoms with Crippen molar-refractivity contribution >= 4 is 51.6 Å². The van der Waals surface area contributed by atoms with Gasteiger partial charge in [-0.05, 0) is 69.4 Å². The standard InChI is InChI=1S/C22H26ClNO3S2/c1-3-27-22(26)19-17-8-6-4-5-7-9-18(17)29-21(19)24-20(25)14(2)28-16-12-10-15(23)11-13-16/h10-14H,3-9H2,1-2H3,(H,24,25). The Hall–Kier alpha value is -1.50. The molecule has 0 spiro atoms. The van der Waals surface area contributed by atoms with Gasteiger partial charge in [0, 0.05) is 14.8 Å². The number of fused-ring (bicyclic) bond motifs is 1. The van der Waals surface area contributed by atoms with Gasteiger partial charge in [0.05, 0.1) is 17.4 Å².